The Labute approximate surface area is 213 Å². The largest absolute Gasteiger partial charge is 0.470 e. The molecule has 8 heteroatoms. The first-order chi connectivity index (χ1) is 17.4. The van der Waals surface area contributed by atoms with Gasteiger partial charge in [0.15, 0.2) is 11.6 Å². The fraction of sp³-hybridized carbons (Fsp3) is 0.107. The number of halogens is 1. The Morgan fingerprint density at radius 2 is 1.78 bits per heavy atom. The van der Waals surface area contributed by atoms with Crippen LogP contribution in [0.5, 0.6) is 5.75 Å². The zero-order valence-corrected chi connectivity index (χ0v) is 20.2. The van der Waals surface area contributed by atoms with E-state index in [2.05, 4.69) is 10.3 Å². The van der Waals surface area contributed by atoms with Gasteiger partial charge >= 0.3 is 5.97 Å². The molecule has 0 aliphatic heterocycles. The molecule has 1 aromatic heterocycles. The summed E-state index contributed by atoms with van der Waals surface area (Å²) in [5, 5.41) is 3.16. The van der Waals surface area contributed by atoms with Gasteiger partial charge in [0.25, 0.3) is 5.91 Å². The molecule has 0 spiro atoms. The zero-order chi connectivity index (χ0) is 25.5. The van der Waals surface area contributed by atoms with Gasteiger partial charge in [0, 0.05) is 29.1 Å². The van der Waals surface area contributed by atoms with Gasteiger partial charge in [-0.2, -0.15) is 0 Å². The van der Waals surface area contributed by atoms with Crippen molar-refractivity contribution in [2.24, 2.45) is 0 Å². The molecular formula is C28H24ClN3O4. The maximum absolute atomic E-state index is 13.2. The van der Waals surface area contributed by atoms with Gasteiger partial charge in [-0.25, -0.2) is 9.78 Å². The summed E-state index contributed by atoms with van der Waals surface area (Å²) in [6.45, 7) is 1.99. The molecule has 3 N–H and O–H groups in total. The summed E-state index contributed by atoms with van der Waals surface area (Å²) in [5.41, 5.74) is 9.20. The minimum atomic E-state index is -1.22. The van der Waals surface area contributed by atoms with Crippen LogP contribution >= 0.6 is 11.6 Å². The van der Waals surface area contributed by atoms with Crippen molar-refractivity contribution in [1.29, 1.82) is 0 Å². The molecule has 1 heterocycles. The molecule has 4 rings (SSSR count). The van der Waals surface area contributed by atoms with Gasteiger partial charge in [-0.3, -0.25) is 4.79 Å². The molecule has 4 aromatic rings. The summed E-state index contributed by atoms with van der Waals surface area (Å²) in [7, 11) is 0. The second-order valence-corrected chi connectivity index (χ2v) is 8.51. The molecule has 36 heavy (non-hydrogen) atoms. The first kappa shape index (κ1) is 24.8. The molecule has 1 atom stereocenters. The monoisotopic (exact) mass is 501 g/mol. The molecular weight excluding hydrogens is 478 g/mol. The number of pyridine rings is 1. The highest BCUT2D eigenvalue weighted by atomic mass is 35.5. The zero-order valence-electron chi connectivity index (χ0n) is 19.5. The third-order valence-electron chi connectivity index (χ3n) is 5.26. The van der Waals surface area contributed by atoms with Crippen LogP contribution in [0.1, 0.15) is 33.2 Å². The van der Waals surface area contributed by atoms with Gasteiger partial charge in [-0.05, 0) is 42.3 Å². The Balaban J connectivity index is 1.61. The number of anilines is 2. The summed E-state index contributed by atoms with van der Waals surface area (Å²) in [6.07, 6.45) is 0.158. The second kappa shape index (κ2) is 11.4. The fourth-order valence-corrected chi connectivity index (χ4v) is 3.63. The molecule has 182 valence electrons. The first-order valence-electron chi connectivity index (χ1n) is 11.2. The molecule has 3 aromatic carbocycles. The van der Waals surface area contributed by atoms with Crippen LogP contribution in [-0.4, -0.2) is 16.9 Å². The van der Waals surface area contributed by atoms with E-state index in [1.807, 2.05) is 55.5 Å². The van der Waals surface area contributed by atoms with Crippen molar-refractivity contribution in [2.75, 3.05) is 11.1 Å². The van der Waals surface area contributed by atoms with E-state index in [9.17, 15) is 9.59 Å². The lowest BCUT2D eigenvalue weighted by molar-refractivity contribution is -0.153. The number of rotatable bonds is 8. The standard InChI is InChI=1S/C28H24ClN3O4/c1-18-7-5-12-23(13-18)32-27(33)21-11-6-10-20(14-21)25(36-24-15-22(29)16-31-26(24)30)28(34)35-17-19-8-3-2-4-9-19/h2-16,25H,17H2,1H3,(H2,30,31)(H,32,33)/t25-/m1/s1. The van der Waals surface area contributed by atoms with Crippen LogP contribution in [0.4, 0.5) is 11.5 Å². The van der Waals surface area contributed by atoms with E-state index >= 15 is 0 Å². The van der Waals surface area contributed by atoms with Crippen LogP contribution in [0.3, 0.4) is 0 Å². The molecule has 0 saturated carbocycles. The van der Waals surface area contributed by atoms with Gasteiger partial charge in [0.05, 0.1) is 5.02 Å². The Morgan fingerprint density at radius 3 is 2.56 bits per heavy atom. The van der Waals surface area contributed by atoms with Crippen LogP contribution in [0.25, 0.3) is 0 Å². The number of amides is 1. The van der Waals surface area contributed by atoms with Crippen molar-refractivity contribution in [1.82, 2.24) is 4.98 Å². The number of aromatic nitrogens is 1. The van der Waals surface area contributed by atoms with Gasteiger partial charge in [0.2, 0.25) is 6.10 Å². The third kappa shape index (κ3) is 6.40. The number of esters is 1. The van der Waals surface area contributed by atoms with Crippen LogP contribution in [0.15, 0.2) is 91.1 Å². The van der Waals surface area contributed by atoms with E-state index in [1.165, 1.54) is 12.3 Å². The molecule has 0 saturated heterocycles. The lowest BCUT2D eigenvalue weighted by atomic mass is 10.0. The fourth-order valence-electron chi connectivity index (χ4n) is 3.48. The van der Waals surface area contributed by atoms with Crippen molar-refractivity contribution in [3.8, 4) is 5.75 Å². The summed E-state index contributed by atoms with van der Waals surface area (Å²) in [6, 6.07) is 24.8. The lowest BCUT2D eigenvalue weighted by Crippen LogP contribution is -2.23. The van der Waals surface area contributed by atoms with Gasteiger partial charge < -0.3 is 20.5 Å². The number of nitrogens with zero attached hydrogens (tertiary/aromatic N) is 1. The van der Waals surface area contributed by atoms with E-state index in [1.54, 1.807) is 30.3 Å². The number of carbonyl (C=O) groups is 2. The molecule has 1 amide bonds. The minimum absolute atomic E-state index is 0.0519. The predicted octanol–water partition coefficient (Wildman–Crippen LogP) is 5.74. The van der Waals surface area contributed by atoms with Gasteiger partial charge in [-0.1, -0.05) is 66.2 Å². The maximum Gasteiger partial charge on any atom is 0.352 e. The second-order valence-electron chi connectivity index (χ2n) is 8.08. The Morgan fingerprint density at radius 1 is 1.00 bits per heavy atom. The number of nitrogens with one attached hydrogen (secondary N) is 1. The molecule has 0 fully saturated rings. The number of hydrogen-bond acceptors (Lipinski definition) is 6. The SMILES string of the molecule is Cc1cccc(NC(=O)c2cccc([C@@H](Oc3cc(Cl)cnc3N)C(=O)OCc3ccccc3)c2)c1. The van der Waals surface area contributed by atoms with E-state index in [-0.39, 0.29) is 24.1 Å². The first-order valence-corrected chi connectivity index (χ1v) is 11.5. The van der Waals surface area contributed by atoms with E-state index in [0.29, 0.717) is 21.8 Å². The van der Waals surface area contributed by atoms with Crippen molar-refractivity contribution < 1.29 is 19.1 Å². The summed E-state index contributed by atoms with van der Waals surface area (Å²) in [4.78, 5) is 30.1. The average molecular weight is 502 g/mol. The van der Waals surface area contributed by atoms with Gasteiger partial charge in [-0.15, -0.1) is 0 Å². The number of nitrogens with two attached hydrogens (primary N) is 1. The third-order valence-corrected chi connectivity index (χ3v) is 5.47. The van der Waals surface area contributed by atoms with Crippen molar-refractivity contribution in [2.45, 2.75) is 19.6 Å². The van der Waals surface area contributed by atoms with Crippen molar-refractivity contribution >= 4 is 35.0 Å². The predicted molar refractivity (Wildman–Crippen MR) is 139 cm³/mol. The quantitative estimate of drug-likeness (QED) is 0.298. The van der Waals surface area contributed by atoms with Gasteiger partial charge in [0.1, 0.15) is 6.61 Å². The minimum Gasteiger partial charge on any atom is -0.470 e. The van der Waals surface area contributed by atoms with Crippen molar-refractivity contribution in [3.63, 3.8) is 0 Å². The molecule has 0 radical (unpaired) electrons. The molecule has 0 bridgehead atoms. The topological polar surface area (TPSA) is 104 Å². The highest BCUT2D eigenvalue weighted by molar-refractivity contribution is 6.30. The molecule has 0 aliphatic carbocycles. The molecule has 0 unspecified atom stereocenters. The highest BCUT2D eigenvalue weighted by Crippen LogP contribution is 2.30. The van der Waals surface area contributed by atoms with Crippen LogP contribution in [-0.2, 0) is 16.1 Å². The Kier molecular flexibility index (Phi) is 7.82. The average Bonchev–Trinajstić information content (AvgIpc) is 2.88. The number of ether oxygens (including phenoxy) is 2. The van der Waals surface area contributed by atoms with E-state index in [4.69, 9.17) is 26.8 Å². The van der Waals surface area contributed by atoms with Crippen molar-refractivity contribution in [3.05, 3.63) is 118 Å². The molecule has 7 nitrogen and oxygen atoms in total. The number of carbonyl (C=O) groups excluding carboxylic acids is 2. The number of nitrogen functional groups attached to an aromatic ring is 1. The maximum atomic E-state index is 13.2. The van der Waals surface area contributed by atoms with Crippen LogP contribution < -0.4 is 15.8 Å². The Bertz CT molecular complexity index is 1380. The van der Waals surface area contributed by atoms with E-state index in [0.717, 1.165) is 11.1 Å². The normalized spacial score (nSPS) is 11.4. The summed E-state index contributed by atoms with van der Waals surface area (Å²) < 4.78 is 11.5. The lowest BCUT2D eigenvalue weighted by Gasteiger charge is -2.20. The molecule has 0 aliphatic rings. The van der Waals surface area contributed by atoms with Crippen LogP contribution in [0.2, 0.25) is 5.02 Å². The number of benzene rings is 3. The highest BCUT2D eigenvalue weighted by Gasteiger charge is 2.27. The Hall–Kier alpha value is -4.36. The number of aryl methyl sites for hydroxylation is 1. The van der Waals surface area contributed by atoms with E-state index < -0.39 is 12.1 Å². The smallest absolute Gasteiger partial charge is 0.352 e. The summed E-state index contributed by atoms with van der Waals surface area (Å²) in [5.74, 6) is -0.801. The number of hydrogen-bond donors (Lipinski definition) is 2. The van der Waals surface area contributed by atoms with Crippen LogP contribution in [0, 0.1) is 6.92 Å². The summed E-state index contributed by atoms with van der Waals surface area (Å²) >= 11 is 6.05.